The zero-order valence-electron chi connectivity index (χ0n) is 19.2. The van der Waals surface area contributed by atoms with E-state index < -0.39 is 0 Å². The summed E-state index contributed by atoms with van der Waals surface area (Å²) in [5.41, 5.74) is 4.47. The van der Waals surface area contributed by atoms with Gasteiger partial charge in [-0.15, -0.1) is 0 Å². The minimum Gasteiger partial charge on any atom is -0.494 e. The molecule has 0 aliphatic carbocycles. The van der Waals surface area contributed by atoms with Gasteiger partial charge < -0.3 is 9.47 Å². The fourth-order valence-electron chi connectivity index (χ4n) is 3.63. The monoisotopic (exact) mass is 430 g/mol. The van der Waals surface area contributed by atoms with Crippen LogP contribution in [0.3, 0.4) is 0 Å². The molecule has 0 saturated heterocycles. The summed E-state index contributed by atoms with van der Waals surface area (Å²) in [6.45, 7) is 8.70. The highest BCUT2D eigenvalue weighted by atomic mass is 16.5. The molecular weight excluding hydrogens is 400 g/mol. The maximum Gasteiger partial charge on any atom is 0.311 e. The van der Waals surface area contributed by atoms with Crippen LogP contribution in [0.5, 0.6) is 11.5 Å². The Bertz CT molecular complexity index is 1080. The molecule has 0 aliphatic rings. The molecule has 0 spiro atoms. The first-order valence-electron chi connectivity index (χ1n) is 11.0. The first kappa shape index (κ1) is 23.3. The molecule has 0 amide bonds. The Morgan fingerprint density at radius 3 is 2.25 bits per heavy atom. The summed E-state index contributed by atoms with van der Waals surface area (Å²) in [7, 11) is 0. The number of ketones is 1. The van der Waals surface area contributed by atoms with E-state index in [-0.39, 0.29) is 18.2 Å². The van der Waals surface area contributed by atoms with Crippen LogP contribution in [-0.2, 0) is 4.79 Å². The van der Waals surface area contributed by atoms with Crippen LogP contribution in [0.25, 0.3) is 0 Å². The second-order valence-corrected chi connectivity index (χ2v) is 8.27. The lowest BCUT2D eigenvalue weighted by Gasteiger charge is -2.12. The lowest BCUT2D eigenvalue weighted by molar-refractivity contribution is -0.134. The van der Waals surface area contributed by atoms with Crippen LogP contribution < -0.4 is 9.47 Å². The van der Waals surface area contributed by atoms with Crippen LogP contribution in [0.4, 0.5) is 0 Å². The van der Waals surface area contributed by atoms with E-state index in [0.717, 1.165) is 11.3 Å². The van der Waals surface area contributed by atoms with Crippen LogP contribution in [0.2, 0.25) is 0 Å². The smallest absolute Gasteiger partial charge is 0.311 e. The van der Waals surface area contributed by atoms with Crippen molar-refractivity contribution in [2.75, 3.05) is 6.61 Å². The third-order valence-corrected chi connectivity index (χ3v) is 5.35. The third kappa shape index (κ3) is 6.07. The van der Waals surface area contributed by atoms with E-state index in [2.05, 4.69) is 26.8 Å². The molecule has 0 aliphatic heterocycles. The predicted molar refractivity (Wildman–Crippen MR) is 127 cm³/mol. The molecule has 32 heavy (non-hydrogen) atoms. The topological polar surface area (TPSA) is 52.6 Å². The van der Waals surface area contributed by atoms with Crippen molar-refractivity contribution < 1.29 is 19.1 Å². The molecule has 3 rings (SSSR count). The van der Waals surface area contributed by atoms with Crippen molar-refractivity contribution in [1.82, 2.24) is 0 Å². The highest BCUT2D eigenvalue weighted by molar-refractivity contribution is 6.09. The highest BCUT2D eigenvalue weighted by Gasteiger charge is 2.13. The molecule has 3 aromatic carbocycles. The SMILES string of the molecule is Cc1cc(C(=O)c2ccccc2)ccc1OC(=O)CCCOc1ccc(C(C)C)c(C)c1. The van der Waals surface area contributed by atoms with Crippen molar-refractivity contribution in [3.05, 3.63) is 94.5 Å². The number of hydrogen-bond acceptors (Lipinski definition) is 4. The second kappa shape index (κ2) is 10.8. The molecule has 4 heteroatoms. The molecule has 0 bridgehead atoms. The minimum absolute atomic E-state index is 0.0552. The molecule has 0 aromatic heterocycles. The van der Waals surface area contributed by atoms with Gasteiger partial charge in [-0.05, 0) is 73.2 Å². The Balaban J connectivity index is 1.49. The van der Waals surface area contributed by atoms with E-state index in [1.807, 2.05) is 37.3 Å². The fourth-order valence-corrected chi connectivity index (χ4v) is 3.63. The van der Waals surface area contributed by atoms with Gasteiger partial charge in [0.2, 0.25) is 0 Å². The Kier molecular flexibility index (Phi) is 7.82. The minimum atomic E-state index is -0.315. The van der Waals surface area contributed by atoms with Crippen molar-refractivity contribution in [1.29, 1.82) is 0 Å². The van der Waals surface area contributed by atoms with Gasteiger partial charge in [0.05, 0.1) is 6.61 Å². The van der Waals surface area contributed by atoms with E-state index in [1.54, 1.807) is 30.3 Å². The quantitative estimate of drug-likeness (QED) is 0.170. The standard InChI is InChI=1S/C28H30O4/c1-19(2)25-14-13-24(18-20(25)3)31-16-8-11-27(29)32-26-15-12-23(17-21(26)4)28(30)22-9-6-5-7-10-22/h5-7,9-10,12-15,17-19H,8,11,16H2,1-4H3. The van der Waals surface area contributed by atoms with Gasteiger partial charge in [-0.1, -0.05) is 50.2 Å². The van der Waals surface area contributed by atoms with E-state index in [9.17, 15) is 9.59 Å². The third-order valence-electron chi connectivity index (χ3n) is 5.35. The number of benzene rings is 3. The van der Waals surface area contributed by atoms with Gasteiger partial charge in [0.15, 0.2) is 5.78 Å². The summed E-state index contributed by atoms with van der Waals surface area (Å²) in [6.07, 6.45) is 0.820. The van der Waals surface area contributed by atoms with Crippen molar-refractivity contribution >= 4 is 11.8 Å². The van der Waals surface area contributed by atoms with E-state index in [1.165, 1.54) is 11.1 Å². The zero-order chi connectivity index (χ0) is 23.1. The summed E-state index contributed by atoms with van der Waals surface area (Å²) >= 11 is 0. The molecule has 0 N–H and O–H groups in total. The average Bonchev–Trinajstić information content (AvgIpc) is 2.78. The summed E-state index contributed by atoms with van der Waals surface area (Å²) in [4.78, 5) is 24.8. The maximum absolute atomic E-state index is 12.6. The van der Waals surface area contributed by atoms with E-state index in [0.29, 0.717) is 35.8 Å². The lowest BCUT2D eigenvalue weighted by Crippen LogP contribution is -2.11. The molecule has 4 nitrogen and oxygen atoms in total. The molecule has 166 valence electrons. The first-order chi connectivity index (χ1) is 15.3. The predicted octanol–water partition coefficient (Wildman–Crippen LogP) is 6.42. The number of rotatable bonds is 9. The van der Waals surface area contributed by atoms with Crippen molar-refractivity contribution in [2.24, 2.45) is 0 Å². The number of carbonyl (C=O) groups is 2. The van der Waals surface area contributed by atoms with Crippen LogP contribution in [-0.4, -0.2) is 18.4 Å². The van der Waals surface area contributed by atoms with Crippen LogP contribution in [0, 0.1) is 13.8 Å². The molecule has 0 atom stereocenters. The average molecular weight is 431 g/mol. The summed E-state index contributed by atoms with van der Waals surface area (Å²) < 4.78 is 11.3. The summed E-state index contributed by atoms with van der Waals surface area (Å²) in [5, 5.41) is 0. The molecule has 0 fully saturated rings. The fraction of sp³-hybridized carbons (Fsp3) is 0.286. The summed E-state index contributed by atoms with van der Waals surface area (Å²) in [5.74, 6) is 1.40. The number of carbonyl (C=O) groups excluding carboxylic acids is 2. The van der Waals surface area contributed by atoms with Gasteiger partial charge >= 0.3 is 5.97 Å². The van der Waals surface area contributed by atoms with Crippen molar-refractivity contribution in [2.45, 2.75) is 46.5 Å². The van der Waals surface area contributed by atoms with Gasteiger partial charge in [0, 0.05) is 17.5 Å². The van der Waals surface area contributed by atoms with Crippen LogP contribution >= 0.6 is 0 Å². The normalized spacial score (nSPS) is 10.8. The Morgan fingerprint density at radius 1 is 0.844 bits per heavy atom. The van der Waals surface area contributed by atoms with Gasteiger partial charge in [0.1, 0.15) is 11.5 Å². The Labute approximate surface area is 190 Å². The molecule has 0 unspecified atom stereocenters. The van der Waals surface area contributed by atoms with E-state index >= 15 is 0 Å². The molecule has 3 aromatic rings. The Hall–Kier alpha value is -3.40. The molecular formula is C28H30O4. The van der Waals surface area contributed by atoms with Crippen LogP contribution in [0.1, 0.15) is 65.2 Å². The van der Waals surface area contributed by atoms with Crippen molar-refractivity contribution in [3.63, 3.8) is 0 Å². The molecule has 0 heterocycles. The molecule has 0 saturated carbocycles. The maximum atomic E-state index is 12.6. The number of aryl methyl sites for hydroxylation is 2. The lowest BCUT2D eigenvalue weighted by atomic mass is 9.98. The van der Waals surface area contributed by atoms with Gasteiger partial charge in [-0.25, -0.2) is 0 Å². The first-order valence-corrected chi connectivity index (χ1v) is 11.0. The van der Waals surface area contributed by atoms with E-state index in [4.69, 9.17) is 9.47 Å². The Morgan fingerprint density at radius 2 is 1.59 bits per heavy atom. The highest BCUT2D eigenvalue weighted by Crippen LogP contribution is 2.24. The van der Waals surface area contributed by atoms with Gasteiger partial charge in [0.25, 0.3) is 0 Å². The zero-order valence-corrected chi connectivity index (χ0v) is 19.2. The van der Waals surface area contributed by atoms with Gasteiger partial charge in [-0.2, -0.15) is 0 Å². The molecule has 0 radical (unpaired) electrons. The number of esters is 1. The second-order valence-electron chi connectivity index (χ2n) is 8.27. The van der Waals surface area contributed by atoms with Crippen molar-refractivity contribution in [3.8, 4) is 11.5 Å². The number of ether oxygens (including phenoxy) is 2. The van der Waals surface area contributed by atoms with Gasteiger partial charge in [-0.3, -0.25) is 9.59 Å². The number of hydrogen-bond donors (Lipinski definition) is 0. The largest absolute Gasteiger partial charge is 0.494 e. The van der Waals surface area contributed by atoms with Crippen LogP contribution in [0.15, 0.2) is 66.7 Å². The summed E-state index contributed by atoms with van der Waals surface area (Å²) in [6, 6.07) is 20.3.